The number of ether oxygens (including phenoxy) is 1. The first-order valence-corrected chi connectivity index (χ1v) is 8.69. The summed E-state index contributed by atoms with van der Waals surface area (Å²) in [5.74, 6) is 0.953. The minimum atomic E-state index is 0.606. The summed E-state index contributed by atoms with van der Waals surface area (Å²) in [5.41, 5.74) is 3.69. The van der Waals surface area contributed by atoms with Gasteiger partial charge in [-0.2, -0.15) is 0 Å². The van der Waals surface area contributed by atoms with E-state index in [0.29, 0.717) is 6.61 Å². The van der Waals surface area contributed by atoms with Gasteiger partial charge < -0.3 is 10.1 Å². The highest BCUT2D eigenvalue weighted by Gasteiger charge is 2.04. The van der Waals surface area contributed by atoms with Gasteiger partial charge >= 0.3 is 0 Å². The molecular weight excluding hydrogens is 302 g/mol. The number of nitrogens with one attached hydrogen (secondary N) is 1. The molecule has 23 heavy (non-hydrogen) atoms. The fraction of sp³-hybridized carbons (Fsp3) is 0.200. The third-order valence-electron chi connectivity index (χ3n) is 3.81. The van der Waals surface area contributed by atoms with Crippen molar-refractivity contribution in [3.8, 4) is 5.75 Å². The number of hydrogen-bond acceptors (Lipinski definition) is 3. The molecule has 0 aliphatic rings. The van der Waals surface area contributed by atoms with Gasteiger partial charge in [0.2, 0.25) is 0 Å². The van der Waals surface area contributed by atoms with Gasteiger partial charge in [0.1, 0.15) is 12.4 Å². The molecule has 0 saturated carbocycles. The first-order valence-electron chi connectivity index (χ1n) is 7.81. The number of benzene rings is 2. The monoisotopic (exact) mass is 323 g/mol. The smallest absolute Gasteiger partial charge is 0.124 e. The van der Waals surface area contributed by atoms with E-state index in [-0.39, 0.29) is 0 Å². The Labute approximate surface area is 141 Å². The normalized spacial score (nSPS) is 10.7. The van der Waals surface area contributed by atoms with Crippen LogP contribution in [0.25, 0.3) is 0 Å². The molecule has 0 radical (unpaired) electrons. The van der Waals surface area contributed by atoms with Crippen LogP contribution in [0.1, 0.15) is 21.6 Å². The first kappa shape index (κ1) is 15.8. The first-order chi connectivity index (χ1) is 11.3. The lowest BCUT2D eigenvalue weighted by atomic mass is 10.1. The Morgan fingerprint density at radius 1 is 0.870 bits per heavy atom. The highest BCUT2D eigenvalue weighted by atomic mass is 32.1. The Kier molecular flexibility index (Phi) is 5.46. The van der Waals surface area contributed by atoms with Crippen molar-refractivity contribution in [3.63, 3.8) is 0 Å². The third-order valence-corrected chi connectivity index (χ3v) is 4.69. The topological polar surface area (TPSA) is 21.3 Å². The molecule has 0 amide bonds. The fourth-order valence-corrected chi connectivity index (χ4v) is 3.13. The molecular formula is C20H21NOS. The lowest BCUT2D eigenvalue weighted by Gasteiger charge is -2.13. The van der Waals surface area contributed by atoms with E-state index in [1.807, 2.05) is 12.1 Å². The number of rotatable bonds is 7. The number of aryl methyl sites for hydroxylation is 1. The number of thiophene rings is 1. The highest BCUT2D eigenvalue weighted by molar-refractivity contribution is 7.09. The maximum absolute atomic E-state index is 6.05. The SMILES string of the molecule is Cc1ccccc1COc1ccccc1CNCc1cccs1. The van der Waals surface area contributed by atoms with Crippen molar-refractivity contribution in [2.45, 2.75) is 26.6 Å². The Morgan fingerprint density at radius 2 is 1.65 bits per heavy atom. The zero-order valence-corrected chi connectivity index (χ0v) is 14.1. The van der Waals surface area contributed by atoms with E-state index in [1.165, 1.54) is 21.6 Å². The molecule has 0 unspecified atom stereocenters. The summed E-state index contributed by atoms with van der Waals surface area (Å²) in [4.78, 5) is 1.35. The van der Waals surface area contributed by atoms with Crippen LogP contribution in [-0.4, -0.2) is 0 Å². The van der Waals surface area contributed by atoms with Crippen molar-refractivity contribution in [1.29, 1.82) is 0 Å². The van der Waals surface area contributed by atoms with Gasteiger partial charge in [0, 0.05) is 23.5 Å². The zero-order chi connectivity index (χ0) is 15.9. The molecule has 1 N–H and O–H groups in total. The lowest BCUT2D eigenvalue weighted by molar-refractivity contribution is 0.301. The highest BCUT2D eigenvalue weighted by Crippen LogP contribution is 2.20. The van der Waals surface area contributed by atoms with E-state index < -0.39 is 0 Å². The van der Waals surface area contributed by atoms with Crippen molar-refractivity contribution >= 4 is 11.3 Å². The Balaban J connectivity index is 1.60. The summed E-state index contributed by atoms with van der Waals surface area (Å²) in [5, 5.41) is 5.59. The van der Waals surface area contributed by atoms with Gasteiger partial charge in [0.05, 0.1) is 0 Å². The van der Waals surface area contributed by atoms with E-state index in [2.05, 4.69) is 66.2 Å². The van der Waals surface area contributed by atoms with Gasteiger partial charge in [0.15, 0.2) is 0 Å². The van der Waals surface area contributed by atoms with Crippen molar-refractivity contribution in [3.05, 3.63) is 87.6 Å². The molecule has 1 aromatic heterocycles. The van der Waals surface area contributed by atoms with E-state index in [4.69, 9.17) is 4.74 Å². The Hall–Kier alpha value is -2.10. The standard InChI is InChI=1S/C20H21NOS/c1-16-7-2-3-9-18(16)15-22-20-11-5-4-8-17(20)13-21-14-19-10-6-12-23-19/h2-12,21H,13-15H2,1H3. The molecule has 3 aromatic rings. The van der Waals surface area contributed by atoms with Crippen LogP contribution >= 0.6 is 11.3 Å². The van der Waals surface area contributed by atoms with E-state index in [0.717, 1.165) is 18.8 Å². The predicted molar refractivity (Wildman–Crippen MR) is 96.8 cm³/mol. The molecule has 0 aliphatic carbocycles. The van der Waals surface area contributed by atoms with Crippen molar-refractivity contribution in [2.75, 3.05) is 0 Å². The van der Waals surface area contributed by atoms with Gasteiger partial charge in [-0.25, -0.2) is 0 Å². The molecule has 2 aromatic carbocycles. The minimum Gasteiger partial charge on any atom is -0.489 e. The van der Waals surface area contributed by atoms with Gasteiger partial charge in [0.25, 0.3) is 0 Å². The minimum absolute atomic E-state index is 0.606. The van der Waals surface area contributed by atoms with Gasteiger partial charge in [-0.1, -0.05) is 48.5 Å². The Morgan fingerprint density at radius 3 is 2.43 bits per heavy atom. The second-order valence-corrected chi connectivity index (χ2v) is 6.54. The van der Waals surface area contributed by atoms with Crippen LogP contribution < -0.4 is 10.1 Å². The Bertz CT molecular complexity index is 737. The number of hydrogen-bond donors (Lipinski definition) is 1. The van der Waals surface area contributed by atoms with E-state index in [9.17, 15) is 0 Å². The molecule has 0 fully saturated rings. The average molecular weight is 323 g/mol. The fourth-order valence-electron chi connectivity index (χ4n) is 2.45. The predicted octanol–water partition coefficient (Wildman–Crippen LogP) is 4.93. The van der Waals surface area contributed by atoms with Crippen LogP contribution in [0.4, 0.5) is 0 Å². The second kappa shape index (κ2) is 7.95. The second-order valence-electron chi connectivity index (χ2n) is 5.51. The summed E-state index contributed by atoms with van der Waals surface area (Å²) < 4.78 is 6.05. The van der Waals surface area contributed by atoms with Crippen LogP contribution in [0.15, 0.2) is 66.0 Å². The molecule has 0 atom stereocenters. The molecule has 2 nitrogen and oxygen atoms in total. The average Bonchev–Trinajstić information content (AvgIpc) is 3.09. The summed E-state index contributed by atoms with van der Waals surface area (Å²) in [6.07, 6.45) is 0. The van der Waals surface area contributed by atoms with Crippen LogP contribution in [0, 0.1) is 6.92 Å². The van der Waals surface area contributed by atoms with E-state index >= 15 is 0 Å². The molecule has 0 saturated heterocycles. The van der Waals surface area contributed by atoms with Gasteiger partial charge in [-0.15, -0.1) is 11.3 Å². The zero-order valence-electron chi connectivity index (χ0n) is 13.3. The molecule has 118 valence electrons. The van der Waals surface area contributed by atoms with E-state index in [1.54, 1.807) is 11.3 Å². The summed E-state index contributed by atoms with van der Waals surface area (Å²) >= 11 is 1.78. The van der Waals surface area contributed by atoms with Crippen LogP contribution in [0.2, 0.25) is 0 Å². The summed E-state index contributed by atoms with van der Waals surface area (Å²) in [6, 6.07) is 20.8. The molecule has 0 aliphatic heterocycles. The molecule has 3 rings (SSSR count). The van der Waals surface area contributed by atoms with Crippen LogP contribution in [0.3, 0.4) is 0 Å². The number of para-hydroxylation sites is 1. The maximum atomic E-state index is 6.05. The maximum Gasteiger partial charge on any atom is 0.124 e. The quantitative estimate of drug-likeness (QED) is 0.666. The van der Waals surface area contributed by atoms with Gasteiger partial charge in [-0.05, 0) is 35.6 Å². The third kappa shape index (κ3) is 4.44. The lowest BCUT2D eigenvalue weighted by Crippen LogP contribution is -2.13. The molecule has 0 bridgehead atoms. The van der Waals surface area contributed by atoms with Crippen molar-refractivity contribution < 1.29 is 4.74 Å². The summed E-state index contributed by atoms with van der Waals surface area (Å²) in [6.45, 7) is 4.42. The van der Waals surface area contributed by atoms with Crippen LogP contribution in [-0.2, 0) is 19.7 Å². The molecule has 1 heterocycles. The van der Waals surface area contributed by atoms with Crippen molar-refractivity contribution in [2.24, 2.45) is 0 Å². The largest absolute Gasteiger partial charge is 0.489 e. The van der Waals surface area contributed by atoms with Crippen LogP contribution in [0.5, 0.6) is 5.75 Å². The summed E-state index contributed by atoms with van der Waals surface area (Å²) in [7, 11) is 0. The molecule has 3 heteroatoms. The van der Waals surface area contributed by atoms with Crippen molar-refractivity contribution in [1.82, 2.24) is 5.32 Å². The molecule has 0 spiro atoms. The van der Waals surface area contributed by atoms with Gasteiger partial charge in [-0.3, -0.25) is 0 Å².